The number of benzene rings is 1. The van der Waals surface area contributed by atoms with E-state index >= 15 is 0 Å². The largest absolute Gasteiger partial charge is 0.478 e. The fourth-order valence-corrected chi connectivity index (χ4v) is 2.84. The minimum absolute atomic E-state index is 0.337. The summed E-state index contributed by atoms with van der Waals surface area (Å²) >= 11 is 0. The van der Waals surface area contributed by atoms with E-state index in [0.717, 1.165) is 44.1 Å². The average Bonchev–Trinajstić information content (AvgIpc) is 2.56. The summed E-state index contributed by atoms with van der Waals surface area (Å²) in [5, 5.41) is 8.93. The summed E-state index contributed by atoms with van der Waals surface area (Å²) in [5.74, 6) is 0.172. The molecule has 1 aromatic heterocycles. The third-order valence-corrected chi connectivity index (χ3v) is 4.20. The van der Waals surface area contributed by atoms with Gasteiger partial charge in [-0.15, -0.1) is 0 Å². The summed E-state index contributed by atoms with van der Waals surface area (Å²) in [5.41, 5.74) is 2.72. The van der Waals surface area contributed by atoms with Gasteiger partial charge in [0, 0.05) is 38.9 Å². The van der Waals surface area contributed by atoms with E-state index in [9.17, 15) is 4.79 Å². The zero-order valence-corrected chi connectivity index (χ0v) is 13.3. The Morgan fingerprint density at radius 1 is 1.13 bits per heavy atom. The van der Waals surface area contributed by atoms with Crippen LogP contribution in [0.3, 0.4) is 0 Å². The molecule has 1 fully saturated rings. The predicted molar refractivity (Wildman–Crippen MR) is 89.9 cm³/mol. The van der Waals surface area contributed by atoms with Crippen molar-refractivity contribution in [2.45, 2.75) is 13.5 Å². The number of nitrogens with zero attached hydrogens (tertiary/aromatic N) is 3. The summed E-state index contributed by atoms with van der Waals surface area (Å²) in [6, 6.07) is 11.3. The molecule has 1 N–H and O–H groups in total. The number of aromatic carboxylic acids is 1. The Bertz CT molecular complexity index is 677. The third-order valence-electron chi connectivity index (χ3n) is 4.20. The van der Waals surface area contributed by atoms with Crippen LogP contribution in [-0.4, -0.2) is 47.1 Å². The van der Waals surface area contributed by atoms with Crippen molar-refractivity contribution < 1.29 is 9.90 Å². The topological polar surface area (TPSA) is 56.7 Å². The Kier molecular flexibility index (Phi) is 4.57. The normalized spacial score (nSPS) is 15.6. The quantitative estimate of drug-likeness (QED) is 0.939. The molecule has 2 aromatic rings. The predicted octanol–water partition coefficient (Wildman–Crippen LogP) is 2.41. The highest BCUT2D eigenvalue weighted by molar-refractivity contribution is 5.87. The number of hydrogen-bond acceptors (Lipinski definition) is 4. The summed E-state index contributed by atoms with van der Waals surface area (Å²) in [4.78, 5) is 20.0. The molecule has 1 aromatic carbocycles. The van der Waals surface area contributed by atoms with Gasteiger partial charge in [-0.3, -0.25) is 4.90 Å². The molecular formula is C18H21N3O2. The first-order valence-corrected chi connectivity index (χ1v) is 7.84. The van der Waals surface area contributed by atoms with Gasteiger partial charge in [-0.05, 0) is 42.3 Å². The van der Waals surface area contributed by atoms with Crippen LogP contribution in [0.25, 0.3) is 0 Å². The Morgan fingerprint density at radius 3 is 2.43 bits per heavy atom. The van der Waals surface area contributed by atoms with E-state index < -0.39 is 5.97 Å². The number of pyridine rings is 1. The lowest BCUT2D eigenvalue weighted by Gasteiger charge is -2.35. The first kappa shape index (κ1) is 15.5. The van der Waals surface area contributed by atoms with E-state index in [1.165, 1.54) is 5.56 Å². The fourth-order valence-electron chi connectivity index (χ4n) is 2.84. The van der Waals surface area contributed by atoms with Crippen LogP contribution in [0, 0.1) is 6.92 Å². The highest BCUT2D eigenvalue weighted by atomic mass is 16.4. The Labute approximate surface area is 136 Å². The van der Waals surface area contributed by atoms with Crippen LogP contribution in [0.1, 0.15) is 21.5 Å². The highest BCUT2D eigenvalue weighted by Crippen LogP contribution is 2.16. The maximum absolute atomic E-state index is 10.9. The zero-order chi connectivity index (χ0) is 16.2. The van der Waals surface area contributed by atoms with Gasteiger partial charge in [0.15, 0.2) is 0 Å². The van der Waals surface area contributed by atoms with Crippen LogP contribution < -0.4 is 4.90 Å². The first-order valence-electron chi connectivity index (χ1n) is 7.84. The van der Waals surface area contributed by atoms with Gasteiger partial charge >= 0.3 is 5.97 Å². The van der Waals surface area contributed by atoms with Crippen LogP contribution in [0.5, 0.6) is 0 Å². The van der Waals surface area contributed by atoms with Gasteiger partial charge in [0.1, 0.15) is 5.82 Å². The van der Waals surface area contributed by atoms with Crippen molar-refractivity contribution in [3.05, 3.63) is 59.3 Å². The maximum Gasteiger partial charge on any atom is 0.335 e. The van der Waals surface area contributed by atoms with Crippen molar-refractivity contribution in [1.29, 1.82) is 0 Å². The van der Waals surface area contributed by atoms with Crippen LogP contribution >= 0.6 is 0 Å². The first-order chi connectivity index (χ1) is 11.1. The number of carboxylic acids is 1. The van der Waals surface area contributed by atoms with Crippen molar-refractivity contribution in [3.8, 4) is 0 Å². The van der Waals surface area contributed by atoms with Crippen LogP contribution in [0.2, 0.25) is 0 Å². The van der Waals surface area contributed by atoms with Crippen molar-refractivity contribution in [1.82, 2.24) is 9.88 Å². The molecule has 1 aliphatic heterocycles. The summed E-state index contributed by atoms with van der Waals surface area (Å²) in [6.45, 7) is 6.83. The summed E-state index contributed by atoms with van der Waals surface area (Å²) in [7, 11) is 0. The number of carbonyl (C=O) groups is 1. The van der Waals surface area contributed by atoms with Crippen LogP contribution in [0.15, 0.2) is 42.6 Å². The number of carboxylic acid groups (broad SMARTS) is 1. The van der Waals surface area contributed by atoms with E-state index in [1.54, 1.807) is 12.1 Å². The average molecular weight is 311 g/mol. The molecule has 0 spiro atoms. The van der Waals surface area contributed by atoms with Gasteiger partial charge in [-0.1, -0.05) is 12.1 Å². The molecule has 2 heterocycles. The van der Waals surface area contributed by atoms with Crippen LogP contribution in [0.4, 0.5) is 5.82 Å². The number of rotatable bonds is 4. The Hall–Kier alpha value is -2.40. The van der Waals surface area contributed by atoms with Gasteiger partial charge in [0.25, 0.3) is 0 Å². The van der Waals surface area contributed by atoms with Crippen LogP contribution in [-0.2, 0) is 6.54 Å². The van der Waals surface area contributed by atoms with E-state index in [4.69, 9.17) is 5.11 Å². The lowest BCUT2D eigenvalue weighted by molar-refractivity contribution is 0.0697. The van der Waals surface area contributed by atoms with Gasteiger partial charge in [0.2, 0.25) is 0 Å². The van der Waals surface area contributed by atoms with E-state index in [-0.39, 0.29) is 0 Å². The Balaban J connectivity index is 1.55. The molecule has 0 radical (unpaired) electrons. The minimum atomic E-state index is -0.879. The molecule has 120 valence electrons. The summed E-state index contributed by atoms with van der Waals surface area (Å²) in [6.07, 6.45) is 1.86. The molecule has 0 atom stereocenters. The molecular weight excluding hydrogens is 290 g/mol. The number of piperazine rings is 1. The van der Waals surface area contributed by atoms with Gasteiger partial charge in [-0.25, -0.2) is 9.78 Å². The summed E-state index contributed by atoms with van der Waals surface area (Å²) < 4.78 is 0. The molecule has 0 amide bonds. The minimum Gasteiger partial charge on any atom is -0.478 e. The van der Waals surface area contributed by atoms with Crippen molar-refractivity contribution in [3.63, 3.8) is 0 Å². The second-order valence-electron chi connectivity index (χ2n) is 5.96. The third kappa shape index (κ3) is 3.87. The van der Waals surface area contributed by atoms with E-state index in [1.807, 2.05) is 24.4 Å². The van der Waals surface area contributed by atoms with E-state index in [0.29, 0.717) is 5.56 Å². The Morgan fingerprint density at radius 2 is 1.83 bits per heavy atom. The highest BCUT2D eigenvalue weighted by Gasteiger charge is 2.18. The molecule has 5 heteroatoms. The number of hydrogen-bond donors (Lipinski definition) is 1. The lowest BCUT2D eigenvalue weighted by atomic mass is 10.1. The molecule has 5 nitrogen and oxygen atoms in total. The van der Waals surface area contributed by atoms with Crippen molar-refractivity contribution in [2.24, 2.45) is 0 Å². The SMILES string of the molecule is Cc1ccnc(N2CCN(Cc3ccc(C(=O)O)cc3)CC2)c1. The second kappa shape index (κ2) is 6.79. The molecule has 3 rings (SSSR count). The number of anilines is 1. The van der Waals surface area contributed by atoms with Gasteiger partial charge in [-0.2, -0.15) is 0 Å². The molecule has 0 aliphatic carbocycles. The number of aryl methyl sites for hydroxylation is 1. The molecule has 0 unspecified atom stereocenters. The zero-order valence-electron chi connectivity index (χ0n) is 13.3. The molecule has 0 bridgehead atoms. The molecule has 23 heavy (non-hydrogen) atoms. The van der Waals surface area contributed by atoms with Gasteiger partial charge in [0.05, 0.1) is 5.56 Å². The van der Waals surface area contributed by atoms with Crippen molar-refractivity contribution in [2.75, 3.05) is 31.1 Å². The molecule has 1 aliphatic rings. The van der Waals surface area contributed by atoms with Crippen molar-refractivity contribution >= 4 is 11.8 Å². The monoisotopic (exact) mass is 311 g/mol. The standard InChI is InChI=1S/C18H21N3O2/c1-14-6-7-19-17(12-14)21-10-8-20(9-11-21)13-15-2-4-16(5-3-15)18(22)23/h2-7,12H,8-11,13H2,1H3,(H,22,23). The molecule has 0 saturated carbocycles. The second-order valence-corrected chi connectivity index (χ2v) is 5.96. The van der Waals surface area contributed by atoms with Gasteiger partial charge < -0.3 is 10.0 Å². The lowest BCUT2D eigenvalue weighted by Crippen LogP contribution is -2.46. The smallest absolute Gasteiger partial charge is 0.335 e. The fraction of sp³-hybridized carbons (Fsp3) is 0.333. The maximum atomic E-state index is 10.9. The van der Waals surface area contributed by atoms with E-state index in [2.05, 4.69) is 27.8 Å². The number of aromatic nitrogens is 1. The molecule has 1 saturated heterocycles.